The van der Waals surface area contributed by atoms with Crippen LogP contribution in [0.1, 0.15) is 31.4 Å². The summed E-state index contributed by atoms with van der Waals surface area (Å²) < 4.78 is 4.87. The average molecular weight is 340 g/mol. The van der Waals surface area contributed by atoms with Crippen LogP contribution >= 0.6 is 11.8 Å². The van der Waals surface area contributed by atoms with E-state index in [4.69, 9.17) is 10.3 Å². The van der Waals surface area contributed by atoms with Crippen LogP contribution in [0.4, 0.5) is 5.82 Å². The van der Waals surface area contributed by atoms with E-state index >= 15 is 0 Å². The van der Waals surface area contributed by atoms with Crippen molar-refractivity contribution in [2.45, 2.75) is 38.6 Å². The number of aromatic nitrogens is 1. The fourth-order valence-corrected chi connectivity index (χ4v) is 3.40. The summed E-state index contributed by atoms with van der Waals surface area (Å²) in [5, 5.41) is 9.36. The molecule has 1 aromatic heterocycles. The molecule has 0 aliphatic heterocycles. The lowest BCUT2D eigenvalue weighted by Crippen LogP contribution is -2.45. The summed E-state index contributed by atoms with van der Waals surface area (Å²) in [6.45, 7) is 2.36. The monoisotopic (exact) mass is 340 g/mol. The summed E-state index contributed by atoms with van der Waals surface area (Å²) in [4.78, 5) is 23.7. The second-order valence-corrected chi connectivity index (χ2v) is 6.80. The Balaban J connectivity index is 1.65. The maximum absolute atomic E-state index is 12.0. The molecule has 8 heteroatoms. The van der Waals surface area contributed by atoms with Crippen molar-refractivity contribution in [2.75, 3.05) is 23.4 Å². The van der Waals surface area contributed by atoms with Crippen LogP contribution in [0.2, 0.25) is 0 Å². The van der Waals surface area contributed by atoms with Gasteiger partial charge in [0.1, 0.15) is 5.76 Å². The first-order chi connectivity index (χ1) is 11.1. The molecule has 0 aromatic carbocycles. The Hall–Kier alpha value is -1.54. The van der Waals surface area contributed by atoms with E-state index in [2.05, 4.69) is 15.8 Å². The van der Waals surface area contributed by atoms with Crippen LogP contribution in [0.3, 0.4) is 0 Å². The molecule has 2 unspecified atom stereocenters. The van der Waals surface area contributed by atoms with Crippen molar-refractivity contribution in [3.8, 4) is 0 Å². The number of rotatable bonds is 7. The normalized spacial score (nSPS) is 21.0. The van der Waals surface area contributed by atoms with Gasteiger partial charge in [-0.05, 0) is 32.2 Å². The first-order valence-electron chi connectivity index (χ1n) is 7.89. The van der Waals surface area contributed by atoms with Gasteiger partial charge in [-0.2, -0.15) is 0 Å². The minimum Gasteiger partial charge on any atom is -0.360 e. The smallest absolute Gasteiger partial charge is 0.235 e. The van der Waals surface area contributed by atoms with Crippen LogP contribution in [0.5, 0.6) is 0 Å². The summed E-state index contributed by atoms with van der Waals surface area (Å²) in [5.74, 6) is 1.62. The minimum atomic E-state index is -0.200. The van der Waals surface area contributed by atoms with E-state index in [-0.39, 0.29) is 29.4 Å². The molecule has 1 aliphatic carbocycles. The lowest BCUT2D eigenvalue weighted by atomic mass is 9.84. The van der Waals surface area contributed by atoms with Gasteiger partial charge < -0.3 is 20.9 Å². The molecule has 1 aromatic rings. The van der Waals surface area contributed by atoms with Gasteiger partial charge in [0.15, 0.2) is 5.82 Å². The molecule has 2 atom stereocenters. The molecular formula is C15H24N4O3S. The van der Waals surface area contributed by atoms with Crippen molar-refractivity contribution in [3.63, 3.8) is 0 Å². The molecule has 0 bridgehead atoms. The number of thioether (sulfide) groups is 1. The molecule has 4 N–H and O–H groups in total. The van der Waals surface area contributed by atoms with Crippen LogP contribution in [0, 0.1) is 12.8 Å². The molecule has 0 spiro atoms. The largest absolute Gasteiger partial charge is 0.360 e. The second kappa shape index (κ2) is 8.93. The molecule has 2 amide bonds. The second-order valence-electron chi connectivity index (χ2n) is 5.82. The Bertz CT molecular complexity index is 535. The van der Waals surface area contributed by atoms with Crippen LogP contribution in [-0.4, -0.2) is 41.1 Å². The Morgan fingerprint density at radius 2 is 2.09 bits per heavy atom. The van der Waals surface area contributed by atoms with E-state index in [1.54, 1.807) is 13.0 Å². The summed E-state index contributed by atoms with van der Waals surface area (Å²) in [6, 6.07) is 1.82. The molecule has 1 saturated carbocycles. The van der Waals surface area contributed by atoms with E-state index in [0.29, 0.717) is 24.0 Å². The quantitative estimate of drug-likeness (QED) is 0.690. The van der Waals surface area contributed by atoms with Crippen molar-refractivity contribution < 1.29 is 14.1 Å². The van der Waals surface area contributed by atoms with E-state index < -0.39 is 0 Å². The van der Waals surface area contributed by atoms with Crippen molar-refractivity contribution >= 4 is 29.4 Å². The number of hydrogen-bond donors (Lipinski definition) is 3. The molecule has 7 nitrogen and oxygen atoms in total. The van der Waals surface area contributed by atoms with Crippen LogP contribution in [0.15, 0.2) is 10.6 Å². The highest BCUT2D eigenvalue weighted by Gasteiger charge is 2.25. The van der Waals surface area contributed by atoms with E-state index in [1.165, 1.54) is 18.2 Å². The Labute approximate surface area is 140 Å². The van der Waals surface area contributed by atoms with E-state index in [9.17, 15) is 9.59 Å². The number of anilines is 1. The minimum absolute atomic E-state index is 0.0366. The lowest BCUT2D eigenvalue weighted by molar-refractivity contribution is -0.119. The zero-order valence-corrected chi connectivity index (χ0v) is 14.2. The van der Waals surface area contributed by atoms with Crippen molar-refractivity contribution in [1.29, 1.82) is 0 Å². The number of nitrogens with zero attached hydrogens (tertiary/aromatic N) is 1. The predicted octanol–water partition coefficient (Wildman–Crippen LogP) is 1.29. The lowest BCUT2D eigenvalue weighted by Gasteiger charge is -2.31. The summed E-state index contributed by atoms with van der Waals surface area (Å²) in [7, 11) is 0. The van der Waals surface area contributed by atoms with Crippen LogP contribution < -0.4 is 16.4 Å². The predicted molar refractivity (Wildman–Crippen MR) is 90.1 cm³/mol. The molecule has 2 rings (SSSR count). The van der Waals surface area contributed by atoms with E-state index in [0.717, 1.165) is 19.3 Å². The highest BCUT2D eigenvalue weighted by molar-refractivity contribution is 8.00. The standard InChI is InChI=1S/C15H24N4O3S/c1-10-6-13(19-22-10)18-15(21)9-23-8-14(20)17-12-5-3-2-4-11(12)7-16/h6,11-12H,2-5,7-9,16H2,1H3,(H,17,20)(H,18,19,21). The number of aryl methyl sites for hydroxylation is 1. The number of carbonyl (C=O) groups excluding carboxylic acids is 2. The Kier molecular flexibility index (Phi) is 6.91. The van der Waals surface area contributed by atoms with Gasteiger partial charge in [-0.1, -0.05) is 18.0 Å². The summed E-state index contributed by atoms with van der Waals surface area (Å²) >= 11 is 1.28. The van der Waals surface area contributed by atoms with Gasteiger partial charge in [-0.15, -0.1) is 11.8 Å². The number of nitrogens with one attached hydrogen (secondary N) is 2. The molecule has 1 fully saturated rings. The maximum Gasteiger partial charge on any atom is 0.235 e. The zero-order valence-electron chi connectivity index (χ0n) is 13.3. The fourth-order valence-electron chi connectivity index (χ4n) is 2.77. The topological polar surface area (TPSA) is 110 Å². The average Bonchev–Trinajstić information content (AvgIpc) is 2.92. The highest BCUT2D eigenvalue weighted by atomic mass is 32.2. The molecule has 1 aliphatic rings. The van der Waals surface area contributed by atoms with Gasteiger partial charge in [0.05, 0.1) is 11.5 Å². The third-order valence-electron chi connectivity index (χ3n) is 3.92. The number of carbonyl (C=O) groups is 2. The third kappa shape index (κ3) is 5.87. The molecule has 23 heavy (non-hydrogen) atoms. The first kappa shape index (κ1) is 17.8. The van der Waals surface area contributed by atoms with Gasteiger partial charge in [-0.25, -0.2) is 0 Å². The first-order valence-corrected chi connectivity index (χ1v) is 9.04. The van der Waals surface area contributed by atoms with Gasteiger partial charge in [-0.3, -0.25) is 9.59 Å². The third-order valence-corrected chi connectivity index (χ3v) is 4.85. The fraction of sp³-hybridized carbons (Fsp3) is 0.667. The molecular weight excluding hydrogens is 316 g/mol. The number of hydrogen-bond acceptors (Lipinski definition) is 6. The van der Waals surface area contributed by atoms with Crippen molar-refractivity contribution in [1.82, 2.24) is 10.5 Å². The molecule has 0 saturated heterocycles. The van der Waals surface area contributed by atoms with Crippen LogP contribution in [-0.2, 0) is 9.59 Å². The van der Waals surface area contributed by atoms with Crippen molar-refractivity contribution in [3.05, 3.63) is 11.8 Å². The Morgan fingerprint density at radius 1 is 1.35 bits per heavy atom. The zero-order chi connectivity index (χ0) is 16.7. The SMILES string of the molecule is Cc1cc(NC(=O)CSCC(=O)NC2CCCCC2CN)no1. The molecule has 128 valence electrons. The summed E-state index contributed by atoms with van der Waals surface area (Å²) in [6.07, 6.45) is 4.39. The van der Waals surface area contributed by atoms with Crippen LogP contribution in [0.25, 0.3) is 0 Å². The maximum atomic E-state index is 12.0. The van der Waals surface area contributed by atoms with Gasteiger partial charge in [0.2, 0.25) is 11.8 Å². The highest BCUT2D eigenvalue weighted by Crippen LogP contribution is 2.23. The van der Waals surface area contributed by atoms with E-state index in [1.807, 2.05) is 0 Å². The number of amides is 2. The summed E-state index contributed by atoms with van der Waals surface area (Å²) in [5.41, 5.74) is 5.76. The molecule has 1 heterocycles. The number of nitrogens with two attached hydrogens (primary N) is 1. The van der Waals surface area contributed by atoms with Gasteiger partial charge in [0.25, 0.3) is 0 Å². The Morgan fingerprint density at radius 3 is 2.78 bits per heavy atom. The van der Waals surface area contributed by atoms with Crippen molar-refractivity contribution in [2.24, 2.45) is 11.7 Å². The van der Waals surface area contributed by atoms with Gasteiger partial charge in [0, 0.05) is 12.1 Å². The molecule has 0 radical (unpaired) electrons. The van der Waals surface area contributed by atoms with Gasteiger partial charge >= 0.3 is 0 Å².